The Morgan fingerprint density at radius 1 is 1.23 bits per heavy atom. The average molecular weight is 497 g/mol. The molecule has 0 bridgehead atoms. The van der Waals surface area contributed by atoms with Gasteiger partial charge in [0, 0.05) is 43.8 Å². The summed E-state index contributed by atoms with van der Waals surface area (Å²) in [7, 11) is -1.46. The Morgan fingerprint density at radius 2 is 1.96 bits per heavy atom. The average Bonchev–Trinajstić information content (AvgIpc) is 2.94. The van der Waals surface area contributed by atoms with Crippen molar-refractivity contribution in [2.24, 2.45) is 4.99 Å². The molecule has 146 valence electrons. The third kappa shape index (κ3) is 7.46. The first-order valence-electron chi connectivity index (χ1n) is 8.04. The number of fused-ring (bicyclic) bond motifs is 1. The van der Waals surface area contributed by atoms with Crippen LogP contribution in [0.4, 0.5) is 4.39 Å². The topological polar surface area (TPSA) is 98.4 Å². The number of hydrogen-bond acceptors (Lipinski definition) is 3. The van der Waals surface area contributed by atoms with Crippen LogP contribution in [0.2, 0.25) is 0 Å². The molecular weight excluding hydrogens is 472 g/mol. The number of aliphatic imine (C=N–C) groups is 1. The monoisotopic (exact) mass is 497 g/mol. The van der Waals surface area contributed by atoms with Crippen molar-refractivity contribution in [3.63, 3.8) is 0 Å². The predicted molar refractivity (Wildman–Crippen MR) is 114 cm³/mol. The highest BCUT2D eigenvalue weighted by Crippen LogP contribution is 2.19. The Labute approximate surface area is 170 Å². The van der Waals surface area contributed by atoms with Crippen LogP contribution in [0.25, 0.3) is 10.9 Å². The molecule has 0 spiro atoms. The summed E-state index contributed by atoms with van der Waals surface area (Å²) in [5.74, 6) is 0.402. The highest BCUT2D eigenvalue weighted by atomic mass is 127. The van der Waals surface area contributed by atoms with Crippen molar-refractivity contribution >= 4 is 50.9 Å². The van der Waals surface area contributed by atoms with Gasteiger partial charge in [0.25, 0.3) is 0 Å². The van der Waals surface area contributed by atoms with Crippen LogP contribution in [0.3, 0.4) is 0 Å². The Bertz CT molecular complexity index is 838. The lowest BCUT2D eigenvalue weighted by Gasteiger charge is -2.11. The number of halogens is 2. The SMILES string of the molecule is CN=C(NCCCNS(C)(=O)=O)NCCc1c[nH]c2cc(F)ccc12.I. The van der Waals surface area contributed by atoms with E-state index in [0.29, 0.717) is 32.0 Å². The lowest BCUT2D eigenvalue weighted by molar-refractivity contribution is 0.584. The van der Waals surface area contributed by atoms with Crippen molar-refractivity contribution in [1.29, 1.82) is 0 Å². The van der Waals surface area contributed by atoms with Crippen molar-refractivity contribution in [3.05, 3.63) is 35.8 Å². The Balaban J connectivity index is 0.00000338. The van der Waals surface area contributed by atoms with Gasteiger partial charge in [-0.3, -0.25) is 4.99 Å². The molecule has 0 radical (unpaired) electrons. The first-order valence-corrected chi connectivity index (χ1v) is 9.93. The molecule has 0 aliphatic rings. The summed E-state index contributed by atoms with van der Waals surface area (Å²) >= 11 is 0. The fourth-order valence-electron chi connectivity index (χ4n) is 2.45. The summed E-state index contributed by atoms with van der Waals surface area (Å²) in [6.45, 7) is 1.66. The van der Waals surface area contributed by atoms with E-state index in [2.05, 4.69) is 25.3 Å². The van der Waals surface area contributed by atoms with Crippen molar-refractivity contribution in [3.8, 4) is 0 Å². The molecule has 0 unspecified atom stereocenters. The van der Waals surface area contributed by atoms with Crippen LogP contribution in [-0.4, -0.2) is 52.3 Å². The third-order valence-corrected chi connectivity index (χ3v) is 4.38. The molecule has 1 aromatic heterocycles. The summed E-state index contributed by atoms with van der Waals surface area (Å²) in [6.07, 6.45) is 4.45. The minimum Gasteiger partial charge on any atom is -0.361 e. The van der Waals surface area contributed by atoms with Crippen LogP contribution < -0.4 is 15.4 Å². The minimum atomic E-state index is -3.14. The lowest BCUT2D eigenvalue weighted by Crippen LogP contribution is -2.39. The fourth-order valence-corrected chi connectivity index (χ4v) is 2.97. The maximum absolute atomic E-state index is 13.2. The van der Waals surface area contributed by atoms with E-state index < -0.39 is 10.0 Å². The van der Waals surface area contributed by atoms with Crippen LogP contribution >= 0.6 is 24.0 Å². The zero-order valence-corrected chi connectivity index (χ0v) is 17.9. The Morgan fingerprint density at radius 3 is 2.65 bits per heavy atom. The van der Waals surface area contributed by atoms with Gasteiger partial charge in [-0.1, -0.05) is 0 Å². The summed E-state index contributed by atoms with van der Waals surface area (Å²) in [5, 5.41) is 7.34. The van der Waals surface area contributed by atoms with E-state index >= 15 is 0 Å². The number of aromatic nitrogens is 1. The minimum absolute atomic E-state index is 0. The number of aromatic amines is 1. The molecule has 26 heavy (non-hydrogen) atoms. The molecule has 1 heterocycles. The van der Waals surface area contributed by atoms with Crippen LogP contribution in [0.1, 0.15) is 12.0 Å². The molecule has 0 fully saturated rings. The van der Waals surface area contributed by atoms with Crippen LogP contribution in [0.5, 0.6) is 0 Å². The highest BCUT2D eigenvalue weighted by molar-refractivity contribution is 14.0. The quantitative estimate of drug-likeness (QED) is 0.193. The van der Waals surface area contributed by atoms with E-state index in [1.54, 1.807) is 13.1 Å². The van der Waals surface area contributed by atoms with Gasteiger partial charge in [-0.2, -0.15) is 0 Å². The first kappa shape index (κ1) is 22.6. The van der Waals surface area contributed by atoms with Crippen molar-refractivity contribution in [2.45, 2.75) is 12.8 Å². The molecule has 2 aromatic rings. The Hall–Kier alpha value is -1.40. The standard InChI is InChI=1S/C16H24FN5O2S.HI/c1-18-16(19-7-3-8-22-25(2,23)24)20-9-6-12-11-21-15-10-13(17)4-5-14(12)15;/h4-5,10-11,21-22H,3,6-9H2,1-2H3,(H2,18,19,20);1H. The van der Waals surface area contributed by atoms with Crippen LogP contribution in [0, 0.1) is 5.82 Å². The van der Waals surface area contributed by atoms with Crippen LogP contribution in [0.15, 0.2) is 29.4 Å². The number of rotatable bonds is 8. The van der Waals surface area contributed by atoms with Gasteiger partial charge in [0.1, 0.15) is 5.82 Å². The number of nitrogens with zero attached hydrogens (tertiary/aromatic N) is 1. The fraction of sp³-hybridized carbons (Fsp3) is 0.438. The van der Waals surface area contributed by atoms with Crippen molar-refractivity contribution in [1.82, 2.24) is 20.3 Å². The molecule has 7 nitrogen and oxygen atoms in total. The lowest BCUT2D eigenvalue weighted by atomic mass is 10.1. The Kier molecular flexibility index (Phi) is 9.30. The van der Waals surface area contributed by atoms with E-state index in [4.69, 9.17) is 0 Å². The van der Waals surface area contributed by atoms with Gasteiger partial charge in [0.05, 0.1) is 6.26 Å². The summed E-state index contributed by atoms with van der Waals surface area (Å²) in [6, 6.07) is 4.72. The molecule has 2 rings (SSSR count). The number of H-pyrrole nitrogens is 1. The number of guanidine groups is 1. The summed E-state index contributed by atoms with van der Waals surface area (Å²) in [5.41, 5.74) is 1.89. The van der Waals surface area contributed by atoms with E-state index in [9.17, 15) is 12.8 Å². The van der Waals surface area contributed by atoms with E-state index in [0.717, 1.165) is 29.1 Å². The molecule has 0 aliphatic heterocycles. The number of benzene rings is 1. The first-order chi connectivity index (χ1) is 11.9. The summed E-state index contributed by atoms with van der Waals surface area (Å²) < 4.78 is 37.6. The molecule has 4 N–H and O–H groups in total. The second-order valence-electron chi connectivity index (χ2n) is 5.70. The normalized spacial score (nSPS) is 12.0. The largest absolute Gasteiger partial charge is 0.361 e. The van der Waals surface area contributed by atoms with Gasteiger partial charge in [-0.25, -0.2) is 17.5 Å². The van der Waals surface area contributed by atoms with Crippen LogP contribution in [-0.2, 0) is 16.4 Å². The molecule has 0 aliphatic carbocycles. The molecule has 0 amide bonds. The molecule has 10 heteroatoms. The highest BCUT2D eigenvalue weighted by Gasteiger charge is 2.05. The van der Waals surface area contributed by atoms with Gasteiger partial charge in [0.2, 0.25) is 10.0 Å². The second-order valence-corrected chi connectivity index (χ2v) is 7.53. The van der Waals surface area contributed by atoms with Crippen molar-refractivity contribution in [2.75, 3.05) is 32.9 Å². The molecular formula is C16H25FIN5O2S. The zero-order chi connectivity index (χ0) is 18.3. The molecule has 0 saturated heterocycles. The van der Waals surface area contributed by atoms with Crippen molar-refractivity contribution < 1.29 is 12.8 Å². The molecule has 0 atom stereocenters. The number of nitrogens with one attached hydrogen (secondary N) is 4. The number of hydrogen-bond donors (Lipinski definition) is 4. The van der Waals surface area contributed by atoms with Gasteiger partial charge in [-0.15, -0.1) is 24.0 Å². The van der Waals surface area contributed by atoms with E-state index in [1.807, 2.05) is 6.20 Å². The zero-order valence-electron chi connectivity index (χ0n) is 14.8. The third-order valence-electron chi connectivity index (χ3n) is 3.65. The predicted octanol–water partition coefficient (Wildman–Crippen LogP) is 1.57. The second kappa shape index (κ2) is 10.7. The summed E-state index contributed by atoms with van der Waals surface area (Å²) in [4.78, 5) is 7.20. The maximum Gasteiger partial charge on any atom is 0.208 e. The van der Waals surface area contributed by atoms with E-state index in [-0.39, 0.29) is 29.8 Å². The number of sulfonamides is 1. The van der Waals surface area contributed by atoms with E-state index in [1.165, 1.54) is 12.1 Å². The molecule has 1 aromatic carbocycles. The maximum atomic E-state index is 13.2. The van der Waals surface area contributed by atoms with Gasteiger partial charge >= 0.3 is 0 Å². The van der Waals surface area contributed by atoms with Gasteiger partial charge < -0.3 is 15.6 Å². The molecule has 0 saturated carbocycles. The van der Waals surface area contributed by atoms with Gasteiger partial charge in [-0.05, 0) is 36.6 Å². The van der Waals surface area contributed by atoms with Gasteiger partial charge in [0.15, 0.2) is 5.96 Å². The smallest absolute Gasteiger partial charge is 0.208 e.